The molecule has 2 heterocycles. The van der Waals surface area contributed by atoms with Crippen molar-refractivity contribution >= 4 is 5.91 Å². The lowest BCUT2D eigenvalue weighted by Gasteiger charge is -2.48. The Balaban J connectivity index is 1.76. The summed E-state index contributed by atoms with van der Waals surface area (Å²) in [5.41, 5.74) is 16.7. The number of alkyl halides is 1. The van der Waals surface area contributed by atoms with Gasteiger partial charge in [0.2, 0.25) is 5.91 Å². The molecule has 0 aromatic rings. The number of nitrogens with two attached hydrogens (primary N) is 3. The van der Waals surface area contributed by atoms with Gasteiger partial charge >= 0.3 is 0 Å². The van der Waals surface area contributed by atoms with E-state index in [1.807, 2.05) is 0 Å². The number of carbonyl (C=O) groups excluding carboxylic acids is 1. The minimum absolute atomic E-state index is 0.0768. The zero-order chi connectivity index (χ0) is 28.9. The van der Waals surface area contributed by atoms with Gasteiger partial charge in [-0.25, -0.2) is 0 Å². The predicted molar refractivity (Wildman–Crippen MR) is 137 cm³/mol. The molecular weight excluding hydrogens is 519 g/mol. The number of hydrogen-bond donors (Lipinski definition) is 8. The van der Waals surface area contributed by atoms with Gasteiger partial charge in [0.1, 0.15) is 30.5 Å². The van der Waals surface area contributed by atoms with Crippen LogP contribution in [0.2, 0.25) is 0 Å². The van der Waals surface area contributed by atoms with E-state index in [9.17, 15) is 29.6 Å². The summed E-state index contributed by atoms with van der Waals surface area (Å²) in [6.45, 7) is 2.34. The monoisotopic (exact) mass is 566 g/mol. The van der Waals surface area contributed by atoms with Crippen LogP contribution in [0.5, 0.6) is 0 Å². The molecule has 0 radical (unpaired) electrons. The normalized spacial score (nSPS) is 44.1. The zero-order valence-corrected chi connectivity index (χ0v) is 22.7. The third-order valence-corrected chi connectivity index (χ3v) is 8.17. The molecule has 0 aromatic heterocycles. The highest BCUT2D eigenvalue weighted by Crippen LogP contribution is 2.34. The second kappa shape index (κ2) is 14.2. The number of aliphatic hydroxyl groups is 4. The minimum Gasteiger partial charge on any atom is -0.388 e. The van der Waals surface area contributed by atoms with Crippen molar-refractivity contribution in [2.24, 2.45) is 23.1 Å². The van der Waals surface area contributed by atoms with Gasteiger partial charge < -0.3 is 61.9 Å². The van der Waals surface area contributed by atoms with E-state index in [0.29, 0.717) is 32.1 Å². The fraction of sp³-hybridized carbons (Fsp3) is 0.960. The molecule has 13 atom stereocenters. The summed E-state index contributed by atoms with van der Waals surface area (Å²) in [6, 6.07) is -2.17. The van der Waals surface area contributed by atoms with E-state index >= 15 is 0 Å². The standard InChI is InChI=1S/C25H47FN4O9/c1-12-18(32)24(36-11-25(12,2)35)39-21-16(30-22(34)17(31)10-27)9-15(29)20(19(21)33)38-23-14(28)7-6-13(37-23)5-3-4-8-26/h12-21,23-24,31-33,35H,3-11,27-29H2,1-2H3,(H,30,34)/t12-,13-,14?,15+,16-,17+,18?,19?,20?,21?,23-,24-,25?/m1/s1. The number of nitrogens with one attached hydrogen (secondary N) is 1. The van der Waals surface area contributed by atoms with Crippen LogP contribution in [0.15, 0.2) is 0 Å². The van der Waals surface area contributed by atoms with Crippen LogP contribution in [0.4, 0.5) is 4.39 Å². The Morgan fingerprint density at radius 1 is 1.13 bits per heavy atom. The highest BCUT2D eigenvalue weighted by molar-refractivity contribution is 5.81. The molecule has 3 aliphatic rings. The molecule has 0 bridgehead atoms. The van der Waals surface area contributed by atoms with Crippen molar-refractivity contribution in [1.82, 2.24) is 5.32 Å². The molecule has 39 heavy (non-hydrogen) atoms. The summed E-state index contributed by atoms with van der Waals surface area (Å²) >= 11 is 0. The van der Waals surface area contributed by atoms with Gasteiger partial charge in [0.15, 0.2) is 12.6 Å². The van der Waals surface area contributed by atoms with Crippen molar-refractivity contribution in [2.45, 2.75) is 125 Å². The number of aliphatic hydroxyl groups excluding tert-OH is 3. The molecule has 1 aliphatic carbocycles. The van der Waals surface area contributed by atoms with E-state index in [-0.39, 0.29) is 25.7 Å². The number of rotatable bonds is 11. The Hall–Kier alpha value is -1.04. The number of carbonyl (C=O) groups is 1. The molecule has 6 unspecified atom stereocenters. The average Bonchev–Trinajstić information content (AvgIpc) is 2.89. The number of hydrogen-bond acceptors (Lipinski definition) is 12. The summed E-state index contributed by atoms with van der Waals surface area (Å²) in [5, 5.41) is 45.2. The Morgan fingerprint density at radius 2 is 1.82 bits per heavy atom. The molecule has 228 valence electrons. The molecular formula is C25H47FN4O9. The molecule has 0 spiro atoms. The topological polar surface area (TPSA) is 225 Å². The molecule has 2 aliphatic heterocycles. The highest BCUT2D eigenvalue weighted by Gasteiger charge is 2.51. The first-order chi connectivity index (χ1) is 18.4. The van der Waals surface area contributed by atoms with E-state index in [1.165, 1.54) is 6.92 Å². The molecule has 11 N–H and O–H groups in total. The summed E-state index contributed by atoms with van der Waals surface area (Å²) < 4.78 is 36.3. The van der Waals surface area contributed by atoms with Gasteiger partial charge in [0.25, 0.3) is 0 Å². The third-order valence-electron chi connectivity index (χ3n) is 8.17. The first kappa shape index (κ1) is 32.5. The van der Waals surface area contributed by atoms with Crippen LogP contribution in [0.25, 0.3) is 0 Å². The lowest BCUT2D eigenvalue weighted by molar-refractivity contribution is -0.314. The van der Waals surface area contributed by atoms with E-state index < -0.39 is 85.3 Å². The summed E-state index contributed by atoms with van der Waals surface area (Å²) in [7, 11) is 0. The Kier molecular flexibility index (Phi) is 11.8. The van der Waals surface area contributed by atoms with E-state index in [0.717, 1.165) is 0 Å². The van der Waals surface area contributed by atoms with E-state index in [4.69, 9.17) is 36.1 Å². The van der Waals surface area contributed by atoms with Crippen LogP contribution in [0.3, 0.4) is 0 Å². The number of unbranched alkanes of at least 4 members (excludes halogenated alkanes) is 1. The lowest BCUT2D eigenvalue weighted by atomic mass is 9.82. The van der Waals surface area contributed by atoms with Gasteiger partial charge in [-0.05, 0) is 45.4 Å². The van der Waals surface area contributed by atoms with Gasteiger partial charge in [0.05, 0.1) is 37.1 Å². The van der Waals surface area contributed by atoms with Crippen molar-refractivity contribution < 1.29 is 48.6 Å². The lowest BCUT2D eigenvalue weighted by Crippen LogP contribution is -2.68. The zero-order valence-electron chi connectivity index (χ0n) is 22.7. The Bertz CT molecular complexity index is 784. The van der Waals surface area contributed by atoms with E-state index in [1.54, 1.807) is 6.92 Å². The van der Waals surface area contributed by atoms with Crippen molar-refractivity contribution in [2.75, 3.05) is 19.8 Å². The smallest absolute Gasteiger partial charge is 0.250 e. The van der Waals surface area contributed by atoms with Crippen molar-refractivity contribution in [3.8, 4) is 0 Å². The first-order valence-corrected chi connectivity index (χ1v) is 13.8. The first-order valence-electron chi connectivity index (χ1n) is 13.8. The SMILES string of the molecule is C[C@@H]1C(O)[C@@H](OC2C(O)C(O[C@H]3O[C@H](CCCCF)CCC3N)[C@@H](N)C[C@H]2NC(=O)[C@@H](O)CN)OCC1(C)O. The fourth-order valence-electron chi connectivity index (χ4n) is 5.32. The van der Waals surface area contributed by atoms with Crippen molar-refractivity contribution in [3.05, 3.63) is 0 Å². The van der Waals surface area contributed by atoms with Gasteiger partial charge in [-0.3, -0.25) is 9.18 Å². The molecule has 3 fully saturated rings. The van der Waals surface area contributed by atoms with Crippen LogP contribution in [0.1, 0.15) is 52.4 Å². The largest absolute Gasteiger partial charge is 0.388 e. The summed E-state index contributed by atoms with van der Waals surface area (Å²) in [6.07, 6.45) is -5.50. The minimum atomic E-state index is -1.48. The Labute approximate surface area is 228 Å². The maximum atomic E-state index is 12.5. The molecule has 3 rings (SSSR count). The quantitative estimate of drug-likeness (QED) is 0.124. The van der Waals surface area contributed by atoms with E-state index in [2.05, 4.69) is 5.32 Å². The maximum absolute atomic E-state index is 12.5. The maximum Gasteiger partial charge on any atom is 0.250 e. The van der Waals surface area contributed by atoms with Gasteiger partial charge in [-0.1, -0.05) is 6.92 Å². The Morgan fingerprint density at radius 3 is 2.49 bits per heavy atom. The van der Waals surface area contributed by atoms with Crippen LogP contribution >= 0.6 is 0 Å². The fourth-order valence-corrected chi connectivity index (χ4v) is 5.32. The molecule has 1 saturated carbocycles. The van der Waals surface area contributed by atoms with Crippen LogP contribution in [0, 0.1) is 5.92 Å². The third kappa shape index (κ3) is 8.04. The molecule has 0 aromatic carbocycles. The van der Waals surface area contributed by atoms with Crippen LogP contribution < -0.4 is 22.5 Å². The summed E-state index contributed by atoms with van der Waals surface area (Å²) in [5.74, 6) is -1.40. The second-order valence-electron chi connectivity index (χ2n) is 11.3. The van der Waals surface area contributed by atoms with Gasteiger partial charge in [0, 0.05) is 18.5 Å². The van der Waals surface area contributed by atoms with Crippen molar-refractivity contribution in [3.63, 3.8) is 0 Å². The second-order valence-corrected chi connectivity index (χ2v) is 11.3. The van der Waals surface area contributed by atoms with Crippen molar-refractivity contribution in [1.29, 1.82) is 0 Å². The van der Waals surface area contributed by atoms with Gasteiger partial charge in [-0.15, -0.1) is 0 Å². The average molecular weight is 567 g/mol. The van der Waals surface area contributed by atoms with Gasteiger partial charge in [-0.2, -0.15) is 0 Å². The molecule has 14 heteroatoms. The molecule has 1 amide bonds. The van der Waals surface area contributed by atoms with Crippen LogP contribution in [-0.2, 0) is 23.7 Å². The highest BCUT2D eigenvalue weighted by atomic mass is 19.1. The molecule has 13 nitrogen and oxygen atoms in total. The molecule has 2 saturated heterocycles. The van der Waals surface area contributed by atoms with Crippen LogP contribution in [-0.4, -0.2) is 119 Å². The number of halogens is 1. The predicted octanol–water partition coefficient (Wildman–Crippen LogP) is -2.27. The number of ether oxygens (including phenoxy) is 4. The number of amides is 1. The summed E-state index contributed by atoms with van der Waals surface area (Å²) in [4.78, 5) is 12.5.